The maximum Gasteiger partial charge on any atom is 0.404 e. The van der Waals surface area contributed by atoms with Crippen molar-refractivity contribution in [3.05, 3.63) is 23.4 Å². The second kappa shape index (κ2) is 7.35. The molecule has 0 aromatic carbocycles. The standard InChI is InChI=1S/C18H22F3N5O/c1-25(2)15(18(19,20)21)9-16(27)24-17-23-13-7-6-11(10-22)8-14(13)26(17)12-4-3-5-12/h6,8,12-13,15H,3-5,7,9H2,1-2H3,(H,23,24,27). The molecule has 1 fully saturated rings. The van der Waals surface area contributed by atoms with Crippen molar-refractivity contribution >= 4 is 11.9 Å². The number of halogens is 3. The van der Waals surface area contributed by atoms with Gasteiger partial charge in [0.2, 0.25) is 11.9 Å². The summed E-state index contributed by atoms with van der Waals surface area (Å²) in [4.78, 5) is 19.7. The molecule has 0 aromatic heterocycles. The number of hydrogen-bond acceptors (Lipinski definition) is 5. The largest absolute Gasteiger partial charge is 0.404 e. The third kappa shape index (κ3) is 4.00. The Balaban J connectivity index is 1.76. The van der Waals surface area contributed by atoms with Crippen LogP contribution in [0.25, 0.3) is 0 Å². The monoisotopic (exact) mass is 381 g/mol. The summed E-state index contributed by atoms with van der Waals surface area (Å²) in [5.74, 6) is -0.421. The van der Waals surface area contributed by atoms with E-state index in [2.05, 4.69) is 16.4 Å². The minimum absolute atomic E-state index is 0.158. The van der Waals surface area contributed by atoms with E-state index in [9.17, 15) is 18.0 Å². The van der Waals surface area contributed by atoms with Gasteiger partial charge in [-0.1, -0.05) is 6.08 Å². The van der Waals surface area contributed by atoms with Crippen LogP contribution in [0.2, 0.25) is 0 Å². The smallest absolute Gasteiger partial charge is 0.311 e. The molecule has 27 heavy (non-hydrogen) atoms. The summed E-state index contributed by atoms with van der Waals surface area (Å²) in [6, 6.07) is 0.210. The molecule has 1 heterocycles. The number of alkyl halides is 3. The summed E-state index contributed by atoms with van der Waals surface area (Å²) in [7, 11) is 2.60. The lowest BCUT2D eigenvalue weighted by Crippen LogP contribution is -2.51. The van der Waals surface area contributed by atoms with Gasteiger partial charge in [-0.15, -0.1) is 0 Å². The number of rotatable bonds is 4. The van der Waals surface area contributed by atoms with Crippen molar-refractivity contribution in [2.24, 2.45) is 4.99 Å². The first-order valence-corrected chi connectivity index (χ1v) is 8.92. The van der Waals surface area contributed by atoms with E-state index >= 15 is 0 Å². The van der Waals surface area contributed by atoms with Gasteiger partial charge in [-0.2, -0.15) is 18.4 Å². The fourth-order valence-corrected chi connectivity index (χ4v) is 3.50. The molecule has 146 valence electrons. The number of nitrogens with one attached hydrogen (secondary N) is 1. The number of hydrogen-bond donors (Lipinski definition) is 1. The summed E-state index contributed by atoms with van der Waals surface area (Å²) in [5.41, 5.74) is 1.38. The minimum Gasteiger partial charge on any atom is -0.311 e. The van der Waals surface area contributed by atoms with Gasteiger partial charge >= 0.3 is 6.18 Å². The predicted molar refractivity (Wildman–Crippen MR) is 93.4 cm³/mol. The molecule has 9 heteroatoms. The average molecular weight is 381 g/mol. The lowest BCUT2D eigenvalue weighted by Gasteiger charge is -2.38. The molecule has 2 unspecified atom stereocenters. The van der Waals surface area contributed by atoms with Crippen LogP contribution in [0.15, 0.2) is 28.4 Å². The van der Waals surface area contributed by atoms with Gasteiger partial charge in [0, 0.05) is 17.3 Å². The summed E-state index contributed by atoms with van der Waals surface area (Å²) in [5, 5.41) is 11.7. The Morgan fingerprint density at radius 1 is 1.48 bits per heavy atom. The molecule has 0 radical (unpaired) electrons. The van der Waals surface area contributed by atoms with Gasteiger partial charge in [-0.3, -0.25) is 15.0 Å². The minimum atomic E-state index is -4.49. The van der Waals surface area contributed by atoms with Crippen molar-refractivity contribution in [3.8, 4) is 6.07 Å². The van der Waals surface area contributed by atoms with E-state index in [0.717, 1.165) is 29.9 Å². The number of aliphatic imine (C=N–C) groups is 1. The molecule has 3 aliphatic rings. The molecule has 1 N–H and O–H groups in total. The van der Waals surface area contributed by atoms with Gasteiger partial charge in [0.1, 0.15) is 6.04 Å². The van der Waals surface area contributed by atoms with Crippen LogP contribution in [-0.4, -0.2) is 60.1 Å². The zero-order chi connectivity index (χ0) is 19.8. The normalized spacial score (nSPS) is 23.7. The Hall–Kier alpha value is -2.34. The van der Waals surface area contributed by atoms with Crippen LogP contribution in [-0.2, 0) is 4.79 Å². The number of nitriles is 1. The van der Waals surface area contributed by atoms with Gasteiger partial charge < -0.3 is 4.90 Å². The van der Waals surface area contributed by atoms with Gasteiger partial charge in [-0.05, 0) is 45.9 Å². The van der Waals surface area contributed by atoms with E-state index in [1.165, 1.54) is 14.1 Å². The number of guanidine groups is 1. The highest BCUT2D eigenvalue weighted by atomic mass is 19.4. The Morgan fingerprint density at radius 2 is 2.19 bits per heavy atom. The summed E-state index contributed by atoms with van der Waals surface area (Å²) in [6.45, 7) is 0. The SMILES string of the molecule is CN(C)C(CC(=O)NC1=NC2CC=C(C#N)C=C2N1C1CCC1)C(F)(F)F. The Morgan fingerprint density at radius 3 is 2.70 bits per heavy atom. The second-order valence-corrected chi connectivity index (χ2v) is 7.27. The Labute approximate surface area is 156 Å². The second-order valence-electron chi connectivity index (χ2n) is 7.27. The van der Waals surface area contributed by atoms with E-state index in [1.807, 2.05) is 4.90 Å². The number of nitrogens with zero attached hydrogens (tertiary/aromatic N) is 4. The first-order valence-electron chi connectivity index (χ1n) is 8.92. The molecule has 3 rings (SSSR count). The topological polar surface area (TPSA) is 71.7 Å². The van der Waals surface area contributed by atoms with E-state index < -0.39 is 24.5 Å². The highest BCUT2D eigenvalue weighted by molar-refractivity contribution is 5.99. The van der Waals surface area contributed by atoms with Gasteiger partial charge in [0.05, 0.1) is 18.5 Å². The fourth-order valence-electron chi connectivity index (χ4n) is 3.50. The maximum atomic E-state index is 13.1. The van der Waals surface area contributed by atoms with Crippen LogP contribution in [0.1, 0.15) is 32.1 Å². The number of carbonyl (C=O) groups is 1. The predicted octanol–water partition coefficient (Wildman–Crippen LogP) is 2.32. The molecule has 0 spiro atoms. The van der Waals surface area contributed by atoms with E-state index in [4.69, 9.17) is 5.26 Å². The van der Waals surface area contributed by atoms with Crippen LogP contribution in [0.4, 0.5) is 13.2 Å². The third-order valence-electron chi connectivity index (χ3n) is 5.19. The van der Waals surface area contributed by atoms with Crippen LogP contribution in [0.3, 0.4) is 0 Å². The lowest BCUT2D eigenvalue weighted by molar-refractivity contribution is -0.180. The number of allylic oxidation sites excluding steroid dienone is 2. The van der Waals surface area contributed by atoms with Crippen LogP contribution >= 0.6 is 0 Å². The molecule has 1 amide bonds. The summed E-state index contributed by atoms with van der Waals surface area (Å²) in [6.07, 6.45) is 1.80. The zero-order valence-corrected chi connectivity index (χ0v) is 15.3. The lowest BCUT2D eigenvalue weighted by atomic mass is 9.90. The summed E-state index contributed by atoms with van der Waals surface area (Å²) < 4.78 is 39.4. The van der Waals surface area contributed by atoms with Crippen molar-refractivity contribution in [3.63, 3.8) is 0 Å². The molecule has 2 atom stereocenters. The number of fused-ring (bicyclic) bond motifs is 1. The maximum absolute atomic E-state index is 13.1. The fraction of sp³-hybridized carbons (Fsp3) is 0.611. The Kier molecular flexibility index (Phi) is 5.29. The van der Waals surface area contributed by atoms with Crippen molar-refractivity contribution < 1.29 is 18.0 Å². The van der Waals surface area contributed by atoms with E-state index in [-0.39, 0.29) is 12.1 Å². The first-order chi connectivity index (χ1) is 12.7. The van der Waals surface area contributed by atoms with Gasteiger partial charge in [0.15, 0.2) is 0 Å². The zero-order valence-electron chi connectivity index (χ0n) is 15.3. The summed E-state index contributed by atoms with van der Waals surface area (Å²) >= 11 is 0. The van der Waals surface area contributed by atoms with Gasteiger partial charge in [-0.25, -0.2) is 4.99 Å². The third-order valence-corrected chi connectivity index (χ3v) is 5.19. The van der Waals surface area contributed by atoms with Crippen LogP contribution < -0.4 is 5.32 Å². The molecule has 6 nitrogen and oxygen atoms in total. The van der Waals surface area contributed by atoms with Crippen molar-refractivity contribution in [2.45, 2.75) is 56.4 Å². The van der Waals surface area contributed by atoms with Crippen molar-refractivity contribution in [2.75, 3.05) is 14.1 Å². The van der Waals surface area contributed by atoms with Crippen LogP contribution in [0.5, 0.6) is 0 Å². The molecule has 0 aromatic rings. The first kappa shape index (κ1) is 19.4. The van der Waals surface area contributed by atoms with Gasteiger partial charge in [0.25, 0.3) is 0 Å². The molecule has 1 saturated carbocycles. The highest BCUT2D eigenvalue weighted by Gasteiger charge is 2.44. The van der Waals surface area contributed by atoms with E-state index in [0.29, 0.717) is 18.0 Å². The molecule has 1 aliphatic heterocycles. The molecule has 0 saturated heterocycles. The number of carbonyl (C=O) groups excluding carboxylic acids is 1. The highest BCUT2D eigenvalue weighted by Crippen LogP contribution is 2.36. The average Bonchev–Trinajstić information content (AvgIpc) is 2.87. The quantitative estimate of drug-likeness (QED) is 0.811. The van der Waals surface area contributed by atoms with Crippen LogP contribution in [0, 0.1) is 11.3 Å². The molecule has 0 bridgehead atoms. The molecule has 2 aliphatic carbocycles. The Bertz CT molecular complexity index is 743. The van der Waals surface area contributed by atoms with Crippen molar-refractivity contribution in [1.29, 1.82) is 5.26 Å². The van der Waals surface area contributed by atoms with Crippen molar-refractivity contribution in [1.82, 2.24) is 15.1 Å². The van der Waals surface area contributed by atoms with E-state index in [1.54, 1.807) is 12.2 Å². The molecular formula is C18H22F3N5O. The molecular weight excluding hydrogens is 359 g/mol. The number of amides is 1.